The fourth-order valence-electron chi connectivity index (χ4n) is 3.04. The van der Waals surface area contributed by atoms with Gasteiger partial charge in [-0.2, -0.15) is 18.2 Å². The number of halogens is 3. The normalized spacial score (nSPS) is 19.0. The van der Waals surface area contributed by atoms with E-state index in [1.54, 1.807) is 15.7 Å². The number of alkyl halides is 3. The number of carbonyl (C=O) groups is 1. The highest BCUT2D eigenvalue weighted by atomic mass is 32.1. The molecule has 1 aromatic heterocycles. The predicted molar refractivity (Wildman–Crippen MR) is 94.3 cm³/mol. The molecular formula is C18H20F3N3OS. The number of thiazole rings is 1. The fraction of sp³-hybridized carbons (Fsp3) is 0.444. The molecule has 0 N–H and O–H groups in total. The lowest BCUT2D eigenvalue weighted by molar-refractivity contribution is -0.137. The summed E-state index contributed by atoms with van der Waals surface area (Å²) in [6.07, 6.45) is -0.529. The number of piperidine rings is 1. The number of hydrogen-bond donors (Lipinski definition) is 0. The molecule has 0 spiro atoms. The quantitative estimate of drug-likeness (QED) is 0.708. The first kappa shape index (κ1) is 18.7. The van der Waals surface area contributed by atoms with Gasteiger partial charge in [-0.05, 0) is 49.9 Å². The second kappa shape index (κ2) is 7.26. The van der Waals surface area contributed by atoms with Crippen LogP contribution in [0.1, 0.15) is 30.2 Å². The van der Waals surface area contributed by atoms with Gasteiger partial charge in [0.05, 0.1) is 5.56 Å². The summed E-state index contributed by atoms with van der Waals surface area (Å²) in [6.45, 7) is 5.36. The molecule has 0 radical (unpaired) electrons. The lowest BCUT2D eigenvalue weighted by Crippen LogP contribution is -2.38. The summed E-state index contributed by atoms with van der Waals surface area (Å²) < 4.78 is 39.9. The van der Waals surface area contributed by atoms with Gasteiger partial charge in [-0.25, -0.2) is 4.79 Å². The van der Waals surface area contributed by atoms with Crippen molar-refractivity contribution in [2.45, 2.75) is 32.9 Å². The zero-order valence-corrected chi connectivity index (χ0v) is 15.4. The molecule has 140 valence electrons. The van der Waals surface area contributed by atoms with Crippen molar-refractivity contribution in [3.05, 3.63) is 45.7 Å². The molecule has 8 heteroatoms. The van der Waals surface area contributed by atoms with Crippen molar-refractivity contribution in [2.75, 3.05) is 13.1 Å². The molecule has 2 aromatic rings. The van der Waals surface area contributed by atoms with Crippen LogP contribution in [0, 0.1) is 12.8 Å². The van der Waals surface area contributed by atoms with Gasteiger partial charge in [-0.15, -0.1) is 11.3 Å². The van der Waals surface area contributed by atoms with E-state index in [-0.39, 0.29) is 6.03 Å². The van der Waals surface area contributed by atoms with Crippen molar-refractivity contribution in [2.24, 2.45) is 10.9 Å². The maximum Gasteiger partial charge on any atom is 0.416 e. The average Bonchev–Trinajstić information content (AvgIpc) is 2.94. The number of nitrogens with zero attached hydrogens (tertiary/aromatic N) is 3. The number of aromatic nitrogens is 1. The Labute approximate surface area is 153 Å². The number of likely N-dealkylation sites (tertiary alicyclic amines) is 1. The van der Waals surface area contributed by atoms with E-state index in [0.29, 0.717) is 29.5 Å². The molecule has 3 rings (SSSR count). The van der Waals surface area contributed by atoms with Gasteiger partial charge in [-0.3, -0.25) is 4.57 Å². The summed E-state index contributed by atoms with van der Waals surface area (Å²) >= 11 is 1.34. The van der Waals surface area contributed by atoms with Crippen LogP contribution >= 0.6 is 11.3 Å². The van der Waals surface area contributed by atoms with E-state index in [0.717, 1.165) is 29.9 Å². The predicted octanol–water partition coefficient (Wildman–Crippen LogP) is 4.62. The minimum Gasteiger partial charge on any atom is -0.323 e. The van der Waals surface area contributed by atoms with Gasteiger partial charge < -0.3 is 4.90 Å². The smallest absolute Gasteiger partial charge is 0.323 e. The zero-order valence-electron chi connectivity index (χ0n) is 14.6. The third-order valence-electron chi connectivity index (χ3n) is 4.36. The van der Waals surface area contributed by atoms with Crippen molar-refractivity contribution >= 4 is 17.4 Å². The lowest BCUT2D eigenvalue weighted by Gasteiger charge is -2.29. The van der Waals surface area contributed by atoms with Crippen LogP contribution < -0.4 is 4.80 Å². The number of rotatable bonds is 1. The maximum atomic E-state index is 12.7. The van der Waals surface area contributed by atoms with Crippen LogP contribution in [-0.2, 0) is 6.18 Å². The number of aryl methyl sites for hydroxylation is 1. The van der Waals surface area contributed by atoms with E-state index in [1.807, 2.05) is 6.92 Å². The van der Waals surface area contributed by atoms with Gasteiger partial charge in [0.2, 0.25) is 0 Å². The van der Waals surface area contributed by atoms with Crippen LogP contribution in [-0.4, -0.2) is 28.6 Å². The minimum atomic E-state index is -4.37. The second-order valence-corrected chi connectivity index (χ2v) is 7.84. The number of urea groups is 1. The molecule has 1 aliphatic rings. The Kier molecular flexibility index (Phi) is 5.22. The topological polar surface area (TPSA) is 37.6 Å². The van der Waals surface area contributed by atoms with Crippen LogP contribution in [0.4, 0.5) is 18.0 Å². The molecule has 1 fully saturated rings. The van der Waals surface area contributed by atoms with Crippen LogP contribution in [0.5, 0.6) is 0 Å². The molecule has 1 saturated heterocycles. The Morgan fingerprint density at radius 2 is 1.96 bits per heavy atom. The number of hydrogen-bond acceptors (Lipinski definition) is 2. The van der Waals surface area contributed by atoms with Crippen LogP contribution in [0.3, 0.4) is 0 Å². The fourth-order valence-corrected chi connectivity index (χ4v) is 3.87. The second-order valence-electron chi connectivity index (χ2n) is 6.63. The van der Waals surface area contributed by atoms with Crippen molar-refractivity contribution in [1.82, 2.24) is 9.47 Å². The van der Waals surface area contributed by atoms with E-state index in [9.17, 15) is 18.0 Å². The van der Waals surface area contributed by atoms with Crippen LogP contribution in [0.2, 0.25) is 0 Å². The Bertz CT molecular complexity index is 852. The highest BCUT2D eigenvalue weighted by molar-refractivity contribution is 7.09. The molecule has 1 aromatic carbocycles. The summed E-state index contributed by atoms with van der Waals surface area (Å²) in [5, 5.41) is 0. The molecule has 0 saturated carbocycles. The largest absolute Gasteiger partial charge is 0.416 e. The van der Waals surface area contributed by atoms with E-state index >= 15 is 0 Å². The van der Waals surface area contributed by atoms with Gasteiger partial charge in [0, 0.05) is 29.9 Å². The van der Waals surface area contributed by atoms with Gasteiger partial charge in [0.15, 0.2) is 4.80 Å². The monoisotopic (exact) mass is 383 g/mol. The van der Waals surface area contributed by atoms with E-state index in [2.05, 4.69) is 11.9 Å². The first-order chi connectivity index (χ1) is 12.2. The molecule has 2 heterocycles. The first-order valence-corrected chi connectivity index (χ1v) is 9.26. The van der Waals surface area contributed by atoms with E-state index < -0.39 is 11.7 Å². The molecule has 1 aliphatic heterocycles. The van der Waals surface area contributed by atoms with Gasteiger partial charge in [-0.1, -0.05) is 6.92 Å². The van der Waals surface area contributed by atoms with Gasteiger partial charge >= 0.3 is 12.2 Å². The summed E-state index contributed by atoms with van der Waals surface area (Å²) in [5.74, 6) is 0.454. The third-order valence-corrected chi connectivity index (χ3v) is 5.26. The molecule has 1 atom stereocenters. The zero-order chi connectivity index (χ0) is 18.9. The van der Waals surface area contributed by atoms with Crippen molar-refractivity contribution in [3.8, 4) is 5.69 Å². The summed E-state index contributed by atoms with van der Waals surface area (Å²) in [5.41, 5.74) is -0.161. The molecule has 26 heavy (non-hydrogen) atoms. The molecule has 2 amide bonds. The summed E-state index contributed by atoms with van der Waals surface area (Å²) in [7, 11) is 0. The number of amides is 2. The maximum absolute atomic E-state index is 12.7. The van der Waals surface area contributed by atoms with Crippen LogP contribution in [0.15, 0.2) is 35.5 Å². The average molecular weight is 383 g/mol. The molecule has 4 nitrogen and oxygen atoms in total. The van der Waals surface area contributed by atoms with Crippen molar-refractivity contribution < 1.29 is 18.0 Å². The molecule has 0 bridgehead atoms. The summed E-state index contributed by atoms with van der Waals surface area (Å²) in [4.78, 5) is 19.8. The minimum absolute atomic E-state index is 0.293. The highest BCUT2D eigenvalue weighted by Crippen LogP contribution is 2.29. The molecular weight excluding hydrogens is 363 g/mol. The highest BCUT2D eigenvalue weighted by Gasteiger charge is 2.30. The number of benzene rings is 1. The first-order valence-electron chi connectivity index (χ1n) is 8.44. The van der Waals surface area contributed by atoms with E-state index in [4.69, 9.17) is 0 Å². The van der Waals surface area contributed by atoms with Crippen molar-refractivity contribution in [1.29, 1.82) is 0 Å². The summed E-state index contributed by atoms with van der Waals surface area (Å²) in [6, 6.07) is 4.56. The standard InChI is InChI=1S/C18H20F3N3OS/c1-12-4-3-9-23(10-12)16(25)22-17-24(11-13(2)26-17)15-7-5-14(6-8-15)18(19,20)21/h5-8,11-12H,3-4,9-10H2,1-2H3. The third kappa shape index (κ3) is 4.17. The van der Waals surface area contributed by atoms with Gasteiger partial charge in [0.1, 0.15) is 0 Å². The Hall–Kier alpha value is -2.09. The Morgan fingerprint density at radius 1 is 1.27 bits per heavy atom. The van der Waals surface area contributed by atoms with Crippen LogP contribution in [0.25, 0.3) is 5.69 Å². The molecule has 0 aliphatic carbocycles. The van der Waals surface area contributed by atoms with Gasteiger partial charge in [0.25, 0.3) is 0 Å². The Morgan fingerprint density at radius 3 is 2.58 bits per heavy atom. The SMILES string of the molecule is Cc1cn(-c2ccc(C(F)(F)F)cc2)c(=NC(=O)N2CCCC(C)C2)s1. The number of carbonyl (C=O) groups excluding carboxylic acids is 1. The lowest BCUT2D eigenvalue weighted by atomic mass is 10.0. The van der Waals surface area contributed by atoms with E-state index in [1.165, 1.54) is 23.5 Å². The van der Waals surface area contributed by atoms with Crippen molar-refractivity contribution in [3.63, 3.8) is 0 Å². The Balaban J connectivity index is 1.92. The molecule has 1 unspecified atom stereocenters.